The summed E-state index contributed by atoms with van der Waals surface area (Å²) in [5, 5.41) is 23.6. The van der Waals surface area contributed by atoms with Crippen LogP contribution < -0.4 is 11.1 Å². The SMILES string of the molecule is CC(O)[C@@H]1C(=O)N2C(C(=O)O)=C(S[C@@H]3CNC(CCc4ccc(CN)cc4)C3)[C@H](C)[C@H]12.Cl. The van der Waals surface area contributed by atoms with Crippen molar-refractivity contribution in [3.63, 3.8) is 0 Å². The van der Waals surface area contributed by atoms with E-state index in [0.717, 1.165) is 36.3 Å². The molecule has 6 atom stereocenters. The third-order valence-electron chi connectivity index (χ3n) is 6.83. The van der Waals surface area contributed by atoms with Gasteiger partial charge in [0.05, 0.1) is 18.1 Å². The summed E-state index contributed by atoms with van der Waals surface area (Å²) in [5.74, 6) is -1.92. The molecule has 0 saturated carbocycles. The second kappa shape index (κ2) is 10.1. The number of hydrogen-bond acceptors (Lipinski definition) is 6. The topological polar surface area (TPSA) is 116 Å². The smallest absolute Gasteiger partial charge is 0.353 e. The van der Waals surface area contributed by atoms with Crippen molar-refractivity contribution in [1.29, 1.82) is 0 Å². The summed E-state index contributed by atoms with van der Waals surface area (Å²) in [7, 11) is 0. The van der Waals surface area contributed by atoms with Crippen LogP contribution in [0.3, 0.4) is 0 Å². The van der Waals surface area contributed by atoms with E-state index in [0.29, 0.717) is 12.6 Å². The second-order valence-corrected chi connectivity index (χ2v) is 10.3. The van der Waals surface area contributed by atoms with Gasteiger partial charge in [-0.3, -0.25) is 4.79 Å². The average Bonchev–Trinajstić information content (AvgIpc) is 3.28. The number of β-lactam (4-membered cyclic amide) rings is 1. The highest BCUT2D eigenvalue weighted by Gasteiger charge is 2.60. The predicted molar refractivity (Wildman–Crippen MR) is 127 cm³/mol. The third-order valence-corrected chi connectivity index (χ3v) is 8.34. The quantitative estimate of drug-likeness (QED) is 0.420. The Hall–Kier alpha value is -1.58. The highest BCUT2D eigenvalue weighted by atomic mass is 35.5. The Kier molecular flexibility index (Phi) is 7.93. The van der Waals surface area contributed by atoms with Crippen LogP contribution in [0.2, 0.25) is 0 Å². The number of carboxylic acids is 1. The number of fused-ring (bicyclic) bond motifs is 1. The molecule has 176 valence electrons. The molecule has 9 heteroatoms. The van der Waals surface area contributed by atoms with Gasteiger partial charge in [-0.1, -0.05) is 31.2 Å². The number of rotatable bonds is 8. The predicted octanol–water partition coefficient (Wildman–Crippen LogP) is 2.12. The monoisotopic (exact) mass is 481 g/mol. The molecule has 0 spiro atoms. The molecular formula is C23H32ClN3O4S. The molecular weight excluding hydrogens is 450 g/mol. The molecule has 32 heavy (non-hydrogen) atoms. The Morgan fingerprint density at radius 3 is 2.56 bits per heavy atom. The number of nitrogens with zero attached hydrogens (tertiary/aromatic N) is 1. The molecule has 1 aromatic rings. The number of thioether (sulfide) groups is 1. The first kappa shape index (κ1) is 25.1. The lowest BCUT2D eigenvalue weighted by molar-refractivity contribution is -0.163. The number of carboxylic acid groups (broad SMARTS) is 1. The number of nitrogens with one attached hydrogen (secondary N) is 1. The van der Waals surface area contributed by atoms with E-state index in [9.17, 15) is 19.8 Å². The van der Waals surface area contributed by atoms with Crippen LogP contribution in [-0.2, 0) is 22.6 Å². The number of aryl methyl sites for hydroxylation is 1. The van der Waals surface area contributed by atoms with Gasteiger partial charge in [-0.2, -0.15) is 0 Å². The van der Waals surface area contributed by atoms with E-state index >= 15 is 0 Å². The lowest BCUT2D eigenvalue weighted by Crippen LogP contribution is -2.63. The summed E-state index contributed by atoms with van der Waals surface area (Å²) in [5.41, 5.74) is 8.20. The van der Waals surface area contributed by atoms with Crippen molar-refractivity contribution in [2.75, 3.05) is 6.54 Å². The minimum Gasteiger partial charge on any atom is -0.477 e. The van der Waals surface area contributed by atoms with Gasteiger partial charge in [0.1, 0.15) is 5.70 Å². The maximum atomic E-state index is 12.5. The van der Waals surface area contributed by atoms with Crippen LogP contribution in [-0.4, -0.2) is 57.0 Å². The van der Waals surface area contributed by atoms with Gasteiger partial charge in [-0.25, -0.2) is 4.79 Å². The highest BCUT2D eigenvalue weighted by molar-refractivity contribution is 8.03. The van der Waals surface area contributed by atoms with E-state index in [4.69, 9.17) is 5.73 Å². The van der Waals surface area contributed by atoms with Gasteiger partial charge >= 0.3 is 5.97 Å². The number of aliphatic hydroxyl groups excluding tert-OH is 1. The fraction of sp³-hybridized carbons (Fsp3) is 0.565. The van der Waals surface area contributed by atoms with Crippen LogP contribution in [0.4, 0.5) is 0 Å². The van der Waals surface area contributed by atoms with Crippen LogP contribution in [0.5, 0.6) is 0 Å². The minimum atomic E-state index is -1.06. The van der Waals surface area contributed by atoms with Gasteiger partial charge in [-0.15, -0.1) is 24.2 Å². The van der Waals surface area contributed by atoms with Gasteiger partial charge in [-0.05, 0) is 37.3 Å². The lowest BCUT2D eigenvalue weighted by atomic mass is 9.79. The summed E-state index contributed by atoms with van der Waals surface area (Å²) in [6.07, 6.45) is 2.20. The number of benzene rings is 1. The molecule has 2 unspecified atom stereocenters. The summed E-state index contributed by atoms with van der Waals surface area (Å²) >= 11 is 1.60. The number of aliphatic hydroxyl groups is 1. The largest absolute Gasteiger partial charge is 0.477 e. The van der Waals surface area contributed by atoms with Crippen LogP contribution in [0.1, 0.15) is 37.8 Å². The lowest BCUT2D eigenvalue weighted by Gasteiger charge is -2.46. The Balaban J connectivity index is 0.00000289. The number of nitrogens with two attached hydrogens (primary N) is 1. The Bertz CT molecular complexity index is 892. The first-order valence-electron chi connectivity index (χ1n) is 11.0. The first-order chi connectivity index (χ1) is 14.8. The van der Waals surface area contributed by atoms with E-state index in [1.807, 2.05) is 6.92 Å². The van der Waals surface area contributed by atoms with E-state index in [1.165, 1.54) is 10.5 Å². The maximum Gasteiger partial charge on any atom is 0.353 e. The van der Waals surface area contributed by atoms with E-state index in [-0.39, 0.29) is 41.2 Å². The molecule has 2 fully saturated rings. The summed E-state index contributed by atoms with van der Waals surface area (Å²) < 4.78 is 0. The number of amides is 1. The second-order valence-electron chi connectivity index (χ2n) is 8.91. The first-order valence-corrected chi connectivity index (χ1v) is 11.9. The molecule has 2 saturated heterocycles. The van der Waals surface area contributed by atoms with Gasteiger partial charge < -0.3 is 26.2 Å². The average molecular weight is 482 g/mol. The highest BCUT2D eigenvalue weighted by Crippen LogP contribution is 2.51. The Labute approximate surface area is 199 Å². The van der Waals surface area contributed by atoms with Crippen LogP contribution >= 0.6 is 24.2 Å². The number of halogens is 1. The zero-order valence-corrected chi connectivity index (χ0v) is 20.0. The van der Waals surface area contributed by atoms with Crippen molar-refractivity contribution in [2.24, 2.45) is 17.6 Å². The standard InChI is InChI=1S/C23H31N3O4S.ClH/c1-12-19-18(13(2)27)22(28)26(19)20(23(29)30)21(12)31-17-9-16(25-11-17)8-7-14-3-5-15(10-24)6-4-14;/h3-6,12-13,16-19,25,27H,7-11,24H2,1-2H3,(H,29,30);1H/t12-,13?,16?,17+,18+,19-;/m1./s1. The zero-order valence-electron chi connectivity index (χ0n) is 18.4. The van der Waals surface area contributed by atoms with Crippen molar-refractivity contribution in [3.8, 4) is 0 Å². The Morgan fingerprint density at radius 1 is 1.31 bits per heavy atom. The molecule has 3 heterocycles. The van der Waals surface area contributed by atoms with E-state index in [2.05, 4.69) is 29.6 Å². The summed E-state index contributed by atoms with van der Waals surface area (Å²) in [6, 6.07) is 8.55. The van der Waals surface area contributed by atoms with Crippen molar-refractivity contribution >= 4 is 36.0 Å². The van der Waals surface area contributed by atoms with Crippen molar-refractivity contribution in [2.45, 2.75) is 63.1 Å². The fourth-order valence-corrected chi connectivity index (χ4v) is 6.65. The van der Waals surface area contributed by atoms with Crippen LogP contribution in [0.15, 0.2) is 34.9 Å². The maximum absolute atomic E-state index is 12.5. The molecule has 7 nitrogen and oxygen atoms in total. The molecule has 0 radical (unpaired) electrons. The van der Waals surface area contributed by atoms with Crippen LogP contribution in [0, 0.1) is 11.8 Å². The van der Waals surface area contributed by atoms with Crippen molar-refractivity contribution in [1.82, 2.24) is 10.2 Å². The van der Waals surface area contributed by atoms with Gasteiger partial charge in [0.25, 0.3) is 0 Å². The molecule has 3 aliphatic rings. The zero-order chi connectivity index (χ0) is 22.3. The number of hydrogen-bond donors (Lipinski definition) is 4. The van der Waals surface area contributed by atoms with Gasteiger partial charge in [0.2, 0.25) is 5.91 Å². The number of aliphatic carboxylic acids is 1. The van der Waals surface area contributed by atoms with Gasteiger partial charge in [0, 0.05) is 35.2 Å². The Morgan fingerprint density at radius 2 is 1.97 bits per heavy atom. The molecule has 0 aromatic heterocycles. The number of carbonyl (C=O) groups is 2. The molecule has 1 aromatic carbocycles. The van der Waals surface area contributed by atoms with Crippen molar-refractivity contribution < 1.29 is 19.8 Å². The number of carbonyl (C=O) groups excluding carboxylic acids is 1. The molecule has 4 rings (SSSR count). The van der Waals surface area contributed by atoms with Gasteiger partial charge in [0.15, 0.2) is 0 Å². The molecule has 3 aliphatic heterocycles. The van der Waals surface area contributed by atoms with E-state index < -0.39 is 18.0 Å². The third kappa shape index (κ3) is 4.56. The fourth-order valence-electron chi connectivity index (χ4n) is 5.13. The van der Waals surface area contributed by atoms with E-state index in [1.54, 1.807) is 18.7 Å². The molecule has 0 aliphatic carbocycles. The molecule has 0 bridgehead atoms. The summed E-state index contributed by atoms with van der Waals surface area (Å²) in [6.45, 7) is 4.96. The molecule has 5 N–H and O–H groups in total. The molecule has 1 amide bonds. The minimum absolute atomic E-state index is 0. The normalized spacial score (nSPS) is 30.1. The van der Waals surface area contributed by atoms with Crippen LogP contribution in [0.25, 0.3) is 0 Å². The van der Waals surface area contributed by atoms with Crippen molar-refractivity contribution in [3.05, 3.63) is 46.0 Å². The summed E-state index contributed by atoms with van der Waals surface area (Å²) in [4.78, 5) is 26.6.